The van der Waals surface area contributed by atoms with E-state index in [2.05, 4.69) is 5.32 Å². The average molecular weight is 221 g/mol. The first-order valence-corrected chi connectivity index (χ1v) is 5.86. The molecule has 3 nitrogen and oxygen atoms in total. The van der Waals surface area contributed by atoms with Crippen molar-refractivity contribution < 1.29 is 9.21 Å². The molecule has 1 heterocycles. The molecule has 0 aliphatic heterocycles. The average Bonchev–Trinajstić information content (AvgIpc) is 2.65. The van der Waals surface area contributed by atoms with Gasteiger partial charge in [0, 0.05) is 17.4 Å². The highest BCUT2D eigenvalue weighted by atomic mass is 16.3. The lowest BCUT2D eigenvalue weighted by atomic mass is 9.90. The molecule has 0 aromatic carbocycles. The molecule has 3 heteroatoms. The topological polar surface area (TPSA) is 42.2 Å². The fraction of sp³-hybridized carbons (Fsp3) is 0.615. The van der Waals surface area contributed by atoms with Gasteiger partial charge in [0.25, 0.3) is 0 Å². The molecular formula is C13H19NO2. The minimum absolute atomic E-state index is 0.103. The first kappa shape index (κ1) is 11.2. The van der Waals surface area contributed by atoms with Gasteiger partial charge in [-0.05, 0) is 18.9 Å². The van der Waals surface area contributed by atoms with E-state index in [0.29, 0.717) is 0 Å². The van der Waals surface area contributed by atoms with Gasteiger partial charge in [0.2, 0.25) is 5.91 Å². The number of rotatable bonds is 1. The number of nitrogens with one attached hydrogen (secondary N) is 1. The van der Waals surface area contributed by atoms with Crippen molar-refractivity contribution in [2.24, 2.45) is 5.41 Å². The molecule has 1 atom stereocenters. The number of carbonyl (C=O) groups is 1. The lowest BCUT2D eigenvalue weighted by Crippen LogP contribution is -2.38. The van der Waals surface area contributed by atoms with Gasteiger partial charge in [-0.3, -0.25) is 4.79 Å². The molecule has 1 aliphatic carbocycles. The summed E-state index contributed by atoms with van der Waals surface area (Å²) in [6.07, 6.45) is 4.79. The molecule has 0 spiro atoms. The van der Waals surface area contributed by atoms with Crippen molar-refractivity contribution in [1.29, 1.82) is 0 Å². The maximum atomic E-state index is 11.9. The molecule has 1 aliphatic rings. The van der Waals surface area contributed by atoms with Crippen molar-refractivity contribution in [2.45, 2.75) is 46.1 Å². The highest BCUT2D eigenvalue weighted by Gasteiger charge is 2.28. The molecule has 0 bridgehead atoms. The van der Waals surface area contributed by atoms with Crippen molar-refractivity contribution in [3.63, 3.8) is 0 Å². The van der Waals surface area contributed by atoms with Crippen LogP contribution >= 0.6 is 0 Å². The molecular weight excluding hydrogens is 202 g/mol. The van der Waals surface area contributed by atoms with Crippen LogP contribution in [0, 0.1) is 5.41 Å². The zero-order valence-electron chi connectivity index (χ0n) is 10.2. The Balaban J connectivity index is 2.11. The van der Waals surface area contributed by atoms with E-state index in [-0.39, 0.29) is 17.4 Å². The third kappa shape index (κ3) is 2.13. The van der Waals surface area contributed by atoms with Crippen LogP contribution in [0.15, 0.2) is 16.7 Å². The Morgan fingerprint density at radius 2 is 2.25 bits per heavy atom. The quantitative estimate of drug-likeness (QED) is 0.792. The molecule has 2 rings (SSSR count). The molecule has 1 aromatic rings. The van der Waals surface area contributed by atoms with E-state index in [4.69, 9.17) is 4.42 Å². The van der Waals surface area contributed by atoms with Crippen molar-refractivity contribution in [3.8, 4) is 0 Å². The smallest absolute Gasteiger partial charge is 0.225 e. The number of carbonyl (C=O) groups excluding carboxylic acids is 1. The van der Waals surface area contributed by atoms with Crippen LogP contribution in [-0.2, 0) is 11.2 Å². The summed E-state index contributed by atoms with van der Waals surface area (Å²) in [7, 11) is 0. The molecule has 1 aromatic heterocycles. The van der Waals surface area contributed by atoms with E-state index in [1.165, 1.54) is 0 Å². The molecule has 0 fully saturated rings. The second-order valence-corrected chi connectivity index (χ2v) is 5.47. The van der Waals surface area contributed by atoms with Crippen LogP contribution in [0.3, 0.4) is 0 Å². The van der Waals surface area contributed by atoms with Gasteiger partial charge in [-0.2, -0.15) is 0 Å². The number of fused-ring (bicyclic) bond motifs is 1. The predicted octanol–water partition coefficient (Wildman–Crippen LogP) is 2.82. The maximum Gasteiger partial charge on any atom is 0.225 e. The van der Waals surface area contributed by atoms with Crippen molar-refractivity contribution >= 4 is 5.91 Å². The number of hydrogen-bond acceptors (Lipinski definition) is 2. The number of hydrogen-bond donors (Lipinski definition) is 1. The summed E-state index contributed by atoms with van der Waals surface area (Å²) >= 11 is 0. The van der Waals surface area contributed by atoms with Crippen LogP contribution in [0.1, 0.15) is 51.0 Å². The van der Waals surface area contributed by atoms with Crippen LogP contribution in [0.4, 0.5) is 0 Å². The summed E-state index contributed by atoms with van der Waals surface area (Å²) in [6, 6.07) is 2.11. The van der Waals surface area contributed by atoms with E-state index in [0.717, 1.165) is 30.6 Å². The van der Waals surface area contributed by atoms with E-state index in [1.807, 2.05) is 26.8 Å². The Hall–Kier alpha value is -1.25. The summed E-state index contributed by atoms with van der Waals surface area (Å²) < 4.78 is 5.40. The Morgan fingerprint density at radius 3 is 2.94 bits per heavy atom. The first-order chi connectivity index (χ1) is 7.48. The lowest BCUT2D eigenvalue weighted by Gasteiger charge is -2.26. The van der Waals surface area contributed by atoms with Gasteiger partial charge >= 0.3 is 0 Å². The Labute approximate surface area is 96.2 Å². The van der Waals surface area contributed by atoms with Gasteiger partial charge in [-0.15, -0.1) is 0 Å². The largest absolute Gasteiger partial charge is 0.469 e. The van der Waals surface area contributed by atoms with Gasteiger partial charge in [-0.25, -0.2) is 0 Å². The fourth-order valence-corrected chi connectivity index (χ4v) is 2.01. The predicted molar refractivity (Wildman–Crippen MR) is 62.0 cm³/mol. The summed E-state index contributed by atoms with van der Waals surface area (Å²) in [4.78, 5) is 11.9. The minimum atomic E-state index is -0.332. The van der Waals surface area contributed by atoms with Gasteiger partial charge in [0.1, 0.15) is 5.76 Å². The molecule has 0 saturated carbocycles. The molecule has 16 heavy (non-hydrogen) atoms. The molecule has 0 radical (unpaired) electrons. The highest BCUT2D eigenvalue weighted by Crippen LogP contribution is 2.31. The van der Waals surface area contributed by atoms with E-state index in [1.54, 1.807) is 6.26 Å². The Bertz CT molecular complexity index is 387. The molecule has 1 amide bonds. The fourth-order valence-electron chi connectivity index (χ4n) is 2.01. The van der Waals surface area contributed by atoms with Crippen molar-refractivity contribution in [3.05, 3.63) is 23.7 Å². The first-order valence-electron chi connectivity index (χ1n) is 5.86. The maximum absolute atomic E-state index is 11.9. The summed E-state index contributed by atoms with van der Waals surface area (Å²) in [6.45, 7) is 5.80. The minimum Gasteiger partial charge on any atom is -0.469 e. The van der Waals surface area contributed by atoms with Crippen molar-refractivity contribution in [2.75, 3.05) is 0 Å². The Morgan fingerprint density at radius 1 is 1.50 bits per heavy atom. The third-order valence-corrected chi connectivity index (χ3v) is 3.04. The molecule has 88 valence electrons. The van der Waals surface area contributed by atoms with Crippen LogP contribution < -0.4 is 5.32 Å². The monoisotopic (exact) mass is 221 g/mol. The number of furan rings is 1. The van der Waals surface area contributed by atoms with E-state index >= 15 is 0 Å². The zero-order chi connectivity index (χ0) is 11.8. The molecule has 1 N–H and O–H groups in total. The standard InChI is InChI=1S/C13H19NO2/c1-13(2,3)12(15)14-10-5-4-6-11-9(10)7-8-16-11/h7-8,10H,4-6H2,1-3H3,(H,14,15)/t10-/m0/s1. The SMILES string of the molecule is CC(C)(C)C(=O)N[C@H]1CCCc2occc21. The number of aryl methyl sites for hydroxylation is 1. The van der Waals surface area contributed by atoms with E-state index < -0.39 is 0 Å². The second kappa shape index (κ2) is 3.96. The molecule has 0 saturated heterocycles. The second-order valence-electron chi connectivity index (χ2n) is 5.47. The normalized spacial score (nSPS) is 20.3. The lowest BCUT2D eigenvalue weighted by molar-refractivity contribution is -0.129. The van der Waals surface area contributed by atoms with Crippen molar-refractivity contribution in [1.82, 2.24) is 5.32 Å². The highest BCUT2D eigenvalue weighted by molar-refractivity contribution is 5.81. The summed E-state index contributed by atoms with van der Waals surface area (Å²) in [5, 5.41) is 3.10. The van der Waals surface area contributed by atoms with Crippen LogP contribution in [0.2, 0.25) is 0 Å². The van der Waals surface area contributed by atoms with Crippen LogP contribution in [0.25, 0.3) is 0 Å². The van der Waals surface area contributed by atoms with E-state index in [9.17, 15) is 4.79 Å². The van der Waals surface area contributed by atoms with Gasteiger partial charge in [0.15, 0.2) is 0 Å². The van der Waals surface area contributed by atoms with Gasteiger partial charge in [-0.1, -0.05) is 20.8 Å². The summed E-state index contributed by atoms with van der Waals surface area (Å²) in [5.74, 6) is 1.14. The van der Waals surface area contributed by atoms with Gasteiger partial charge in [0.05, 0.1) is 12.3 Å². The molecule has 0 unspecified atom stereocenters. The third-order valence-electron chi connectivity index (χ3n) is 3.04. The summed E-state index contributed by atoms with van der Waals surface area (Å²) in [5.41, 5.74) is 0.824. The van der Waals surface area contributed by atoms with Gasteiger partial charge < -0.3 is 9.73 Å². The van der Waals surface area contributed by atoms with Crippen LogP contribution in [-0.4, -0.2) is 5.91 Å². The number of amides is 1. The Kier molecular flexibility index (Phi) is 2.78. The zero-order valence-corrected chi connectivity index (χ0v) is 10.2. The van der Waals surface area contributed by atoms with Crippen LogP contribution in [0.5, 0.6) is 0 Å².